The highest BCUT2D eigenvalue weighted by atomic mass is 32.1. The molecular weight excluding hydrogens is 140 g/mol. The minimum atomic E-state index is -0.572. The molecule has 54 valence electrons. The van der Waals surface area contributed by atoms with E-state index < -0.39 is 12.6 Å². The highest BCUT2D eigenvalue weighted by Crippen LogP contribution is 1.85. The van der Waals surface area contributed by atoms with Crippen LogP contribution in [0.4, 0.5) is 0 Å². The van der Waals surface area contributed by atoms with E-state index in [0.717, 1.165) is 6.42 Å². The summed E-state index contributed by atoms with van der Waals surface area (Å²) < 4.78 is 4.49. The van der Waals surface area contributed by atoms with E-state index in [9.17, 15) is 4.79 Å². The summed E-state index contributed by atoms with van der Waals surface area (Å²) in [4.78, 5) is 10.2. The van der Waals surface area contributed by atoms with E-state index in [1.807, 2.05) is 0 Å². The second kappa shape index (κ2) is 5.91. The number of rotatable bonds is 4. The standard InChI is InChI=1S/C5H10O3S/c6-4-5(7)8-2-1-3-9/h6,9H,1-4H2. The lowest BCUT2D eigenvalue weighted by Gasteiger charge is -1.98. The summed E-state index contributed by atoms with van der Waals surface area (Å²) in [5, 5.41) is 8.14. The molecule has 4 heteroatoms. The van der Waals surface area contributed by atoms with Gasteiger partial charge in [-0.15, -0.1) is 0 Å². The molecule has 0 bridgehead atoms. The Hall–Kier alpha value is -0.220. The van der Waals surface area contributed by atoms with E-state index in [2.05, 4.69) is 17.4 Å². The van der Waals surface area contributed by atoms with Crippen LogP contribution in [0.2, 0.25) is 0 Å². The molecule has 0 aromatic carbocycles. The summed E-state index contributed by atoms with van der Waals surface area (Å²) in [5.74, 6) is 0.121. The second-order valence-electron chi connectivity index (χ2n) is 1.46. The number of thiol groups is 1. The van der Waals surface area contributed by atoms with Gasteiger partial charge in [0, 0.05) is 0 Å². The summed E-state index contributed by atoms with van der Waals surface area (Å²) >= 11 is 3.90. The maximum absolute atomic E-state index is 10.2. The summed E-state index contributed by atoms with van der Waals surface area (Å²) in [6, 6.07) is 0. The Bertz CT molecular complexity index is 84.3. The molecule has 0 fully saturated rings. The molecule has 0 rings (SSSR count). The zero-order chi connectivity index (χ0) is 7.11. The van der Waals surface area contributed by atoms with Gasteiger partial charge in [-0.25, -0.2) is 4.79 Å². The normalized spacial score (nSPS) is 9.11. The van der Waals surface area contributed by atoms with Gasteiger partial charge >= 0.3 is 5.97 Å². The average Bonchev–Trinajstić information content (AvgIpc) is 1.89. The Morgan fingerprint density at radius 2 is 2.33 bits per heavy atom. The molecular formula is C5H10O3S. The van der Waals surface area contributed by atoms with Crippen LogP contribution >= 0.6 is 12.6 Å². The van der Waals surface area contributed by atoms with Crippen molar-refractivity contribution in [3.63, 3.8) is 0 Å². The van der Waals surface area contributed by atoms with Crippen molar-refractivity contribution >= 4 is 18.6 Å². The Labute approximate surface area is 59.4 Å². The number of aliphatic hydroxyl groups is 1. The van der Waals surface area contributed by atoms with E-state index >= 15 is 0 Å². The smallest absolute Gasteiger partial charge is 0.331 e. The molecule has 0 spiro atoms. The summed E-state index contributed by atoms with van der Waals surface area (Å²) in [7, 11) is 0. The van der Waals surface area contributed by atoms with Crippen LogP contribution in [-0.4, -0.2) is 30.0 Å². The van der Waals surface area contributed by atoms with Gasteiger partial charge in [0.05, 0.1) is 6.61 Å². The van der Waals surface area contributed by atoms with Gasteiger partial charge in [0.2, 0.25) is 0 Å². The SMILES string of the molecule is O=C(CO)OCCCS. The number of aliphatic hydroxyl groups excluding tert-OH is 1. The van der Waals surface area contributed by atoms with Gasteiger partial charge in [-0.05, 0) is 12.2 Å². The van der Waals surface area contributed by atoms with Crippen molar-refractivity contribution in [3.05, 3.63) is 0 Å². The Morgan fingerprint density at radius 3 is 2.78 bits per heavy atom. The molecule has 0 saturated heterocycles. The molecule has 3 nitrogen and oxygen atoms in total. The van der Waals surface area contributed by atoms with E-state index in [4.69, 9.17) is 5.11 Å². The van der Waals surface area contributed by atoms with Gasteiger partial charge in [-0.1, -0.05) is 0 Å². The lowest BCUT2D eigenvalue weighted by molar-refractivity contribution is -0.146. The molecule has 0 radical (unpaired) electrons. The van der Waals surface area contributed by atoms with Crippen LogP contribution in [0.5, 0.6) is 0 Å². The minimum absolute atomic E-state index is 0.350. The van der Waals surface area contributed by atoms with Crippen molar-refractivity contribution in [2.75, 3.05) is 19.0 Å². The number of ether oxygens (including phenoxy) is 1. The molecule has 0 aliphatic heterocycles. The molecule has 1 N–H and O–H groups in total. The quantitative estimate of drug-likeness (QED) is 0.332. The highest BCUT2D eigenvalue weighted by Gasteiger charge is 1.96. The fraction of sp³-hybridized carbons (Fsp3) is 0.800. The first-order valence-corrected chi connectivity index (χ1v) is 3.32. The number of hydrogen-bond acceptors (Lipinski definition) is 4. The lowest BCUT2D eigenvalue weighted by atomic mass is 10.5. The fourth-order valence-electron chi connectivity index (χ4n) is 0.296. The first-order chi connectivity index (χ1) is 4.31. The van der Waals surface area contributed by atoms with Crippen molar-refractivity contribution in [2.45, 2.75) is 6.42 Å². The van der Waals surface area contributed by atoms with E-state index in [1.165, 1.54) is 0 Å². The van der Waals surface area contributed by atoms with Gasteiger partial charge in [0.15, 0.2) is 0 Å². The minimum Gasteiger partial charge on any atom is -0.464 e. The van der Waals surface area contributed by atoms with Crippen LogP contribution in [-0.2, 0) is 9.53 Å². The summed E-state index contributed by atoms with van der Waals surface area (Å²) in [5.41, 5.74) is 0. The van der Waals surface area contributed by atoms with Crippen LogP contribution in [0.25, 0.3) is 0 Å². The van der Waals surface area contributed by atoms with Crippen LogP contribution in [0.1, 0.15) is 6.42 Å². The molecule has 0 atom stereocenters. The molecule has 0 saturated carbocycles. The molecule has 9 heavy (non-hydrogen) atoms. The van der Waals surface area contributed by atoms with Gasteiger partial charge in [-0.2, -0.15) is 12.6 Å². The zero-order valence-electron chi connectivity index (χ0n) is 5.04. The molecule has 0 aromatic heterocycles. The van der Waals surface area contributed by atoms with Crippen molar-refractivity contribution in [3.8, 4) is 0 Å². The third kappa shape index (κ3) is 5.65. The molecule has 0 amide bonds. The predicted octanol–water partition coefficient (Wildman–Crippen LogP) is -0.158. The largest absolute Gasteiger partial charge is 0.464 e. The van der Waals surface area contributed by atoms with Crippen molar-refractivity contribution in [2.24, 2.45) is 0 Å². The number of carbonyl (C=O) groups is 1. The Balaban J connectivity index is 2.97. The van der Waals surface area contributed by atoms with Crippen LogP contribution in [0, 0.1) is 0 Å². The number of esters is 1. The molecule has 0 unspecified atom stereocenters. The highest BCUT2D eigenvalue weighted by molar-refractivity contribution is 7.80. The third-order valence-electron chi connectivity index (χ3n) is 0.695. The zero-order valence-corrected chi connectivity index (χ0v) is 5.93. The molecule has 0 heterocycles. The summed E-state index contributed by atoms with van der Waals surface area (Å²) in [6.07, 6.45) is 0.731. The number of carbonyl (C=O) groups excluding carboxylic acids is 1. The van der Waals surface area contributed by atoms with Crippen molar-refractivity contribution in [1.82, 2.24) is 0 Å². The van der Waals surface area contributed by atoms with Gasteiger partial charge in [0.25, 0.3) is 0 Å². The Morgan fingerprint density at radius 1 is 1.67 bits per heavy atom. The second-order valence-corrected chi connectivity index (χ2v) is 1.90. The van der Waals surface area contributed by atoms with Gasteiger partial charge < -0.3 is 9.84 Å². The third-order valence-corrected chi connectivity index (χ3v) is 1.01. The number of hydrogen-bond donors (Lipinski definition) is 2. The van der Waals surface area contributed by atoms with Crippen molar-refractivity contribution in [1.29, 1.82) is 0 Å². The maximum Gasteiger partial charge on any atom is 0.331 e. The van der Waals surface area contributed by atoms with E-state index in [1.54, 1.807) is 0 Å². The van der Waals surface area contributed by atoms with E-state index in [-0.39, 0.29) is 0 Å². The first kappa shape index (κ1) is 8.78. The molecule has 0 aliphatic rings. The van der Waals surface area contributed by atoms with Crippen LogP contribution in [0.15, 0.2) is 0 Å². The van der Waals surface area contributed by atoms with Gasteiger partial charge in [-0.3, -0.25) is 0 Å². The molecule has 0 aliphatic carbocycles. The average molecular weight is 150 g/mol. The van der Waals surface area contributed by atoms with Crippen LogP contribution < -0.4 is 0 Å². The van der Waals surface area contributed by atoms with Crippen molar-refractivity contribution < 1.29 is 14.6 Å². The lowest BCUT2D eigenvalue weighted by Crippen LogP contribution is -2.09. The van der Waals surface area contributed by atoms with Crippen LogP contribution in [0.3, 0.4) is 0 Å². The maximum atomic E-state index is 10.2. The Kier molecular flexibility index (Phi) is 5.76. The van der Waals surface area contributed by atoms with Gasteiger partial charge in [0.1, 0.15) is 6.61 Å². The topological polar surface area (TPSA) is 46.5 Å². The molecule has 0 aromatic rings. The van der Waals surface area contributed by atoms with E-state index in [0.29, 0.717) is 12.4 Å². The first-order valence-electron chi connectivity index (χ1n) is 2.68. The predicted molar refractivity (Wildman–Crippen MR) is 36.5 cm³/mol. The fourth-order valence-corrected chi connectivity index (χ4v) is 0.425. The monoisotopic (exact) mass is 150 g/mol. The summed E-state index contributed by atoms with van der Waals surface area (Å²) in [6.45, 7) is -0.185.